The van der Waals surface area contributed by atoms with Gasteiger partial charge in [-0.2, -0.15) is 0 Å². The maximum Gasteiger partial charge on any atom is 0.0940 e. The van der Waals surface area contributed by atoms with Crippen molar-refractivity contribution in [3.05, 3.63) is 0 Å². The highest BCUT2D eigenvalue weighted by Crippen LogP contribution is 2.40. The van der Waals surface area contributed by atoms with Crippen LogP contribution < -0.4 is 5.32 Å². The highest BCUT2D eigenvalue weighted by atomic mass is 16.5. The van der Waals surface area contributed by atoms with Crippen LogP contribution in [0.2, 0.25) is 0 Å². The fourth-order valence-corrected chi connectivity index (χ4v) is 4.61. The van der Waals surface area contributed by atoms with Crippen LogP contribution in [0.25, 0.3) is 0 Å². The third-order valence-corrected chi connectivity index (χ3v) is 5.05. The van der Waals surface area contributed by atoms with Crippen molar-refractivity contribution >= 4 is 0 Å². The third kappa shape index (κ3) is 4.65. The minimum atomic E-state index is -0.160. The maximum atomic E-state index is 9.49. The fourth-order valence-electron chi connectivity index (χ4n) is 4.61. The monoisotopic (exact) mass is 298 g/mol. The predicted molar refractivity (Wildman–Crippen MR) is 86.5 cm³/mol. The van der Waals surface area contributed by atoms with E-state index in [1.165, 1.54) is 25.7 Å². The molecule has 0 spiro atoms. The zero-order valence-corrected chi connectivity index (χ0v) is 14.3. The molecule has 0 bridgehead atoms. The molecular formula is C17H34N2O2. The second kappa shape index (κ2) is 6.95. The molecule has 3 atom stereocenters. The lowest BCUT2D eigenvalue weighted by atomic mass is 9.69. The van der Waals surface area contributed by atoms with Crippen LogP contribution >= 0.6 is 0 Å². The molecule has 2 rings (SSSR count). The molecular weight excluding hydrogens is 264 g/mol. The van der Waals surface area contributed by atoms with E-state index in [0.717, 1.165) is 32.1 Å². The Bertz CT molecular complexity index is 331. The molecule has 0 aromatic heterocycles. The Morgan fingerprint density at radius 3 is 2.76 bits per heavy atom. The van der Waals surface area contributed by atoms with E-state index in [4.69, 9.17) is 4.74 Å². The molecule has 3 unspecified atom stereocenters. The summed E-state index contributed by atoms with van der Waals surface area (Å²) in [6.45, 7) is 10.8. The van der Waals surface area contributed by atoms with Crippen molar-refractivity contribution in [1.29, 1.82) is 0 Å². The highest BCUT2D eigenvalue weighted by molar-refractivity contribution is 4.93. The number of aliphatic hydroxyl groups excluding tert-OH is 1. The van der Waals surface area contributed by atoms with Crippen molar-refractivity contribution in [3.8, 4) is 0 Å². The molecule has 0 amide bonds. The van der Waals surface area contributed by atoms with Crippen LogP contribution in [-0.4, -0.2) is 61.5 Å². The number of morpholine rings is 1. The summed E-state index contributed by atoms with van der Waals surface area (Å²) < 4.78 is 5.95. The average Bonchev–Trinajstić information content (AvgIpc) is 2.36. The summed E-state index contributed by atoms with van der Waals surface area (Å²) in [5, 5.41) is 12.9. The lowest BCUT2D eigenvalue weighted by molar-refractivity contribution is -0.155. The van der Waals surface area contributed by atoms with E-state index < -0.39 is 0 Å². The quantitative estimate of drug-likeness (QED) is 0.813. The van der Waals surface area contributed by atoms with Gasteiger partial charge in [0.2, 0.25) is 0 Å². The predicted octanol–water partition coefficient (Wildman–Crippen LogP) is 1.87. The Balaban J connectivity index is 2.05. The number of ether oxygens (including phenoxy) is 1. The van der Waals surface area contributed by atoms with Crippen LogP contribution in [0, 0.1) is 11.3 Å². The van der Waals surface area contributed by atoms with Gasteiger partial charge >= 0.3 is 0 Å². The number of hydrogen-bond acceptors (Lipinski definition) is 4. The Morgan fingerprint density at radius 2 is 2.14 bits per heavy atom. The molecule has 124 valence electrons. The van der Waals surface area contributed by atoms with Crippen molar-refractivity contribution in [2.24, 2.45) is 11.3 Å². The number of aliphatic hydroxyl groups is 1. The summed E-state index contributed by atoms with van der Waals surface area (Å²) in [6, 6.07) is 0. The summed E-state index contributed by atoms with van der Waals surface area (Å²) in [6.07, 6.45) is 5.32. The van der Waals surface area contributed by atoms with E-state index in [1.54, 1.807) is 0 Å². The van der Waals surface area contributed by atoms with Crippen molar-refractivity contribution in [2.45, 2.75) is 58.2 Å². The Labute approximate surface area is 130 Å². The summed E-state index contributed by atoms with van der Waals surface area (Å²) >= 11 is 0. The van der Waals surface area contributed by atoms with Crippen molar-refractivity contribution in [2.75, 3.05) is 39.8 Å². The highest BCUT2D eigenvalue weighted by Gasteiger charge is 2.40. The average molecular weight is 298 g/mol. The van der Waals surface area contributed by atoms with E-state index in [1.807, 2.05) is 0 Å². The molecule has 2 N–H and O–H groups in total. The zero-order chi connectivity index (χ0) is 15.5. The molecule has 21 heavy (non-hydrogen) atoms. The van der Waals surface area contributed by atoms with Crippen molar-refractivity contribution in [1.82, 2.24) is 10.2 Å². The fraction of sp³-hybridized carbons (Fsp3) is 1.00. The van der Waals surface area contributed by atoms with Gasteiger partial charge in [-0.3, -0.25) is 4.90 Å². The first-order valence-electron chi connectivity index (χ1n) is 8.54. The van der Waals surface area contributed by atoms with Crippen LogP contribution in [0.15, 0.2) is 0 Å². The minimum absolute atomic E-state index is 0.0404. The lowest BCUT2D eigenvalue weighted by Gasteiger charge is -2.48. The normalized spacial score (nSPS) is 37.6. The molecule has 0 aromatic carbocycles. The Hall–Kier alpha value is -0.160. The number of nitrogens with zero attached hydrogens (tertiary/aromatic N) is 1. The zero-order valence-electron chi connectivity index (χ0n) is 14.3. The molecule has 1 aliphatic heterocycles. The second-order valence-corrected chi connectivity index (χ2v) is 8.08. The molecule has 4 nitrogen and oxygen atoms in total. The number of hydrogen-bond donors (Lipinski definition) is 2. The van der Waals surface area contributed by atoms with Crippen molar-refractivity contribution < 1.29 is 9.84 Å². The van der Waals surface area contributed by atoms with E-state index in [-0.39, 0.29) is 18.3 Å². The van der Waals surface area contributed by atoms with Crippen LogP contribution in [0.3, 0.4) is 0 Å². The SMILES string of the molecule is CNCC1(CN2CC(CO)OC(C)(C)C2)CCCC(C)C1. The van der Waals surface area contributed by atoms with Gasteiger partial charge in [-0.1, -0.05) is 19.8 Å². The van der Waals surface area contributed by atoms with Gasteiger partial charge in [0, 0.05) is 26.2 Å². The van der Waals surface area contributed by atoms with E-state index >= 15 is 0 Å². The summed E-state index contributed by atoms with van der Waals surface area (Å²) in [4.78, 5) is 2.53. The molecule has 4 heteroatoms. The molecule has 1 heterocycles. The summed E-state index contributed by atoms with van der Waals surface area (Å²) in [7, 11) is 2.07. The van der Waals surface area contributed by atoms with Gasteiger partial charge in [0.05, 0.1) is 18.3 Å². The Kier molecular flexibility index (Phi) is 5.69. The number of rotatable bonds is 5. The van der Waals surface area contributed by atoms with Gasteiger partial charge in [-0.25, -0.2) is 0 Å². The molecule has 2 aliphatic rings. The van der Waals surface area contributed by atoms with Crippen LogP contribution in [0.5, 0.6) is 0 Å². The second-order valence-electron chi connectivity index (χ2n) is 8.08. The molecule has 1 saturated heterocycles. The molecule has 2 fully saturated rings. The first-order valence-corrected chi connectivity index (χ1v) is 8.54. The van der Waals surface area contributed by atoms with Gasteiger partial charge < -0.3 is 15.2 Å². The summed E-state index contributed by atoms with van der Waals surface area (Å²) in [5.41, 5.74) is 0.229. The molecule has 1 saturated carbocycles. The Morgan fingerprint density at radius 1 is 1.38 bits per heavy atom. The summed E-state index contributed by atoms with van der Waals surface area (Å²) in [5.74, 6) is 0.829. The lowest BCUT2D eigenvalue weighted by Crippen LogP contribution is -2.57. The first kappa shape index (κ1) is 17.2. The van der Waals surface area contributed by atoms with E-state index in [0.29, 0.717) is 5.41 Å². The van der Waals surface area contributed by atoms with Gasteiger partial charge in [0.15, 0.2) is 0 Å². The van der Waals surface area contributed by atoms with Crippen LogP contribution in [-0.2, 0) is 4.74 Å². The van der Waals surface area contributed by atoms with Crippen LogP contribution in [0.1, 0.15) is 46.5 Å². The van der Waals surface area contributed by atoms with Gasteiger partial charge in [-0.05, 0) is 45.1 Å². The minimum Gasteiger partial charge on any atom is -0.394 e. The smallest absolute Gasteiger partial charge is 0.0940 e. The van der Waals surface area contributed by atoms with Gasteiger partial charge in [0.25, 0.3) is 0 Å². The van der Waals surface area contributed by atoms with Crippen LogP contribution in [0.4, 0.5) is 0 Å². The first-order chi connectivity index (χ1) is 9.88. The maximum absolute atomic E-state index is 9.49. The standard InChI is InChI=1S/C17H34N2O2/c1-14-6-5-7-17(8-14,11-18-4)13-19-9-15(10-20)21-16(2,3)12-19/h14-15,18,20H,5-13H2,1-4H3. The topological polar surface area (TPSA) is 44.7 Å². The molecule has 0 aromatic rings. The van der Waals surface area contributed by atoms with E-state index in [2.05, 4.69) is 38.0 Å². The molecule has 1 aliphatic carbocycles. The van der Waals surface area contributed by atoms with E-state index in [9.17, 15) is 5.11 Å². The van der Waals surface area contributed by atoms with Crippen molar-refractivity contribution in [3.63, 3.8) is 0 Å². The van der Waals surface area contributed by atoms with Gasteiger partial charge in [-0.15, -0.1) is 0 Å². The van der Waals surface area contributed by atoms with Gasteiger partial charge in [0.1, 0.15) is 0 Å². The number of nitrogens with one attached hydrogen (secondary N) is 1. The largest absolute Gasteiger partial charge is 0.394 e. The third-order valence-electron chi connectivity index (χ3n) is 5.05. The molecule has 0 radical (unpaired) electrons.